The molecule has 0 saturated heterocycles. The van der Waals surface area contributed by atoms with E-state index in [1.54, 1.807) is 41.5 Å². The summed E-state index contributed by atoms with van der Waals surface area (Å²) in [7, 11) is 0. The maximum absolute atomic E-state index is 13.7. The lowest BCUT2D eigenvalue weighted by molar-refractivity contribution is -0.144. The summed E-state index contributed by atoms with van der Waals surface area (Å²) in [5, 5.41) is 34.3. The number of hydrogen-bond donors (Lipinski definition) is 11. The van der Waals surface area contributed by atoms with Crippen molar-refractivity contribution in [2.75, 3.05) is 25.2 Å². The lowest BCUT2D eigenvalue weighted by Crippen LogP contribution is -2.61. The van der Waals surface area contributed by atoms with E-state index in [2.05, 4.69) is 31.9 Å². The molecule has 55 heavy (non-hydrogen) atoms. The average molecular weight is 804 g/mol. The highest BCUT2D eigenvalue weighted by Crippen LogP contribution is 2.11. The lowest BCUT2D eigenvalue weighted by Gasteiger charge is -2.29. The molecular weight excluding hydrogens is 739 g/mol. The van der Waals surface area contributed by atoms with Crippen LogP contribution in [-0.2, 0) is 38.4 Å². The van der Waals surface area contributed by atoms with Crippen molar-refractivity contribution in [3.05, 3.63) is 0 Å². The van der Waals surface area contributed by atoms with Crippen LogP contribution in [0.1, 0.15) is 86.5 Å². The third-order valence-corrected chi connectivity index (χ3v) is 9.41. The molecule has 14 N–H and O–H groups in total. The van der Waals surface area contributed by atoms with Crippen molar-refractivity contribution < 1.29 is 48.6 Å². The smallest absolute Gasteiger partial charge is 0.326 e. The molecule has 0 aromatic carbocycles. The van der Waals surface area contributed by atoms with Crippen molar-refractivity contribution >= 4 is 59.1 Å². The molecule has 0 aromatic heterocycles. The Balaban J connectivity index is 6.15. The van der Waals surface area contributed by atoms with Crippen LogP contribution >= 0.6 is 11.8 Å². The van der Waals surface area contributed by atoms with E-state index in [9.17, 15) is 48.6 Å². The van der Waals surface area contributed by atoms with E-state index in [1.165, 1.54) is 11.8 Å². The van der Waals surface area contributed by atoms with E-state index in [-0.39, 0.29) is 18.8 Å². The van der Waals surface area contributed by atoms with Crippen LogP contribution in [0.5, 0.6) is 0 Å². The van der Waals surface area contributed by atoms with Gasteiger partial charge in [0.05, 0.1) is 19.1 Å². The van der Waals surface area contributed by atoms with Gasteiger partial charge in [0.25, 0.3) is 0 Å². The number of carboxylic acid groups (broad SMARTS) is 1. The van der Waals surface area contributed by atoms with E-state index in [0.29, 0.717) is 38.0 Å². The summed E-state index contributed by atoms with van der Waals surface area (Å²) >= 11 is 1.52. The Bertz CT molecular complexity index is 1290. The monoisotopic (exact) mass is 803 g/mol. The molecule has 0 fully saturated rings. The number of carbonyl (C=O) groups is 8. The number of primary amides is 1. The van der Waals surface area contributed by atoms with Gasteiger partial charge in [-0.25, -0.2) is 4.79 Å². The van der Waals surface area contributed by atoms with Crippen LogP contribution in [0.3, 0.4) is 0 Å². The van der Waals surface area contributed by atoms with E-state index >= 15 is 0 Å². The van der Waals surface area contributed by atoms with Crippen LogP contribution in [0.2, 0.25) is 0 Å². The second kappa shape index (κ2) is 26.7. The van der Waals surface area contributed by atoms with Gasteiger partial charge in [0.1, 0.15) is 36.3 Å². The number of nitrogens with two attached hydrogens (primary N) is 3. The number of aliphatic carboxylic acids is 1. The van der Waals surface area contributed by atoms with E-state index < -0.39 is 114 Å². The zero-order chi connectivity index (χ0) is 42.4. The number of nitrogens with one attached hydrogen (secondary N) is 6. The number of rotatable bonds is 28. The van der Waals surface area contributed by atoms with Gasteiger partial charge in [-0.2, -0.15) is 11.8 Å². The van der Waals surface area contributed by atoms with Crippen molar-refractivity contribution in [2.45, 2.75) is 129 Å². The standard InChI is InChI=1S/C35H65N9O10S/c1-8-20(6)28(35(53)54)44-33(51)25(17-45)42-34(52)27(19(4)5)43-32(50)24(16-26(38)46)41-31(49)23(15-18(2)3)40-30(48)22(11-9-10-13-36)39-29(47)21(37)12-14-55-7/h18-25,27-28,45H,8-17,36-37H2,1-7H3,(H2,38,46)(H,39,47)(H,40,48)(H,41,49)(H,42,52)(H,43,50)(H,44,51)(H,53,54)/t20-,21-,22-,23-,24-,25-,27-,28-/m0/s1. The minimum absolute atomic E-state index is 0.0978. The molecule has 19 nitrogen and oxygen atoms in total. The van der Waals surface area contributed by atoms with Crippen LogP contribution in [0.25, 0.3) is 0 Å². The molecule has 0 saturated carbocycles. The first-order valence-corrected chi connectivity index (χ1v) is 20.0. The van der Waals surface area contributed by atoms with Crippen LogP contribution in [-0.4, -0.2) is 125 Å². The van der Waals surface area contributed by atoms with Crippen molar-refractivity contribution in [3.8, 4) is 0 Å². The molecule has 7 amide bonds. The number of thioether (sulfide) groups is 1. The number of amides is 7. The molecular formula is C35H65N9O10S. The zero-order valence-corrected chi connectivity index (χ0v) is 34.0. The summed E-state index contributed by atoms with van der Waals surface area (Å²) < 4.78 is 0. The SMILES string of the molecule is CC[C@H](C)[C@H](NC(=O)[C@H](CO)NC(=O)[C@@H](NC(=O)[C@H](CC(N)=O)NC(=O)[C@H](CC(C)C)NC(=O)[C@H](CCCCN)NC(=O)[C@@H](N)CCSC)C(C)C)C(=O)O. The first-order chi connectivity index (χ1) is 25.7. The molecule has 0 rings (SSSR count). The highest BCUT2D eigenvalue weighted by molar-refractivity contribution is 7.98. The largest absolute Gasteiger partial charge is 0.480 e. The molecule has 0 aromatic rings. The Morgan fingerprint density at radius 3 is 1.67 bits per heavy atom. The minimum atomic E-state index is -1.61. The predicted molar refractivity (Wildman–Crippen MR) is 208 cm³/mol. The second-order valence-corrected chi connectivity index (χ2v) is 15.3. The van der Waals surface area contributed by atoms with Gasteiger partial charge in [-0.05, 0) is 68.4 Å². The summed E-state index contributed by atoms with van der Waals surface area (Å²) in [5.74, 6) is -7.80. The Labute approximate surface area is 327 Å². The van der Waals surface area contributed by atoms with Crippen LogP contribution in [0.15, 0.2) is 0 Å². The maximum Gasteiger partial charge on any atom is 0.326 e. The predicted octanol–water partition coefficient (Wildman–Crippen LogP) is -2.19. The molecule has 0 aliphatic heterocycles. The molecule has 0 heterocycles. The number of aliphatic hydroxyl groups excluding tert-OH is 1. The van der Waals surface area contributed by atoms with Gasteiger partial charge < -0.3 is 59.3 Å². The Morgan fingerprint density at radius 2 is 1.18 bits per heavy atom. The normalized spacial score (nSPS) is 15.6. The van der Waals surface area contributed by atoms with Gasteiger partial charge in [0.15, 0.2) is 0 Å². The highest BCUT2D eigenvalue weighted by atomic mass is 32.2. The first-order valence-electron chi connectivity index (χ1n) is 18.6. The van der Waals surface area contributed by atoms with Crippen LogP contribution < -0.4 is 49.1 Å². The van der Waals surface area contributed by atoms with E-state index in [4.69, 9.17) is 17.2 Å². The van der Waals surface area contributed by atoms with E-state index in [1.807, 2.05) is 6.26 Å². The van der Waals surface area contributed by atoms with Crippen LogP contribution in [0, 0.1) is 17.8 Å². The van der Waals surface area contributed by atoms with Gasteiger partial charge in [-0.3, -0.25) is 33.6 Å². The fraction of sp³-hybridized carbons (Fsp3) is 0.771. The summed E-state index contributed by atoms with van der Waals surface area (Å²) in [6, 6.07) is -8.97. The Morgan fingerprint density at radius 1 is 0.673 bits per heavy atom. The van der Waals surface area contributed by atoms with E-state index in [0.717, 1.165) is 0 Å². The summed E-state index contributed by atoms with van der Waals surface area (Å²) in [6.45, 7) is 9.54. The molecule has 0 aliphatic rings. The number of carbonyl (C=O) groups excluding carboxylic acids is 7. The van der Waals surface area contributed by atoms with Gasteiger partial charge in [-0.1, -0.05) is 48.0 Å². The summed E-state index contributed by atoms with van der Waals surface area (Å²) in [4.78, 5) is 104. The fourth-order valence-electron chi connectivity index (χ4n) is 5.26. The van der Waals surface area contributed by atoms with Crippen molar-refractivity contribution in [2.24, 2.45) is 35.0 Å². The lowest BCUT2D eigenvalue weighted by atomic mass is 9.98. The number of hydrogen-bond acceptors (Lipinski definition) is 12. The van der Waals surface area contributed by atoms with Gasteiger partial charge >= 0.3 is 5.97 Å². The van der Waals surface area contributed by atoms with Gasteiger partial charge in [-0.15, -0.1) is 0 Å². The van der Waals surface area contributed by atoms with Crippen molar-refractivity contribution in [1.29, 1.82) is 0 Å². The summed E-state index contributed by atoms with van der Waals surface area (Å²) in [5.41, 5.74) is 17.0. The third kappa shape index (κ3) is 19.4. The third-order valence-electron chi connectivity index (χ3n) is 8.77. The Hall–Kier alpha value is -4.01. The van der Waals surface area contributed by atoms with Crippen molar-refractivity contribution in [1.82, 2.24) is 31.9 Å². The Kier molecular flexibility index (Phi) is 24.8. The molecule has 8 atom stereocenters. The molecule has 316 valence electrons. The fourth-order valence-corrected chi connectivity index (χ4v) is 5.75. The van der Waals surface area contributed by atoms with Gasteiger partial charge in [0, 0.05) is 0 Å². The topological polar surface area (TPSA) is 327 Å². The second-order valence-electron chi connectivity index (χ2n) is 14.3. The summed E-state index contributed by atoms with van der Waals surface area (Å²) in [6.07, 6.45) is 3.36. The molecule has 0 bridgehead atoms. The number of carboxylic acids is 1. The minimum Gasteiger partial charge on any atom is -0.480 e. The molecule has 0 radical (unpaired) electrons. The molecule has 20 heteroatoms. The van der Waals surface area contributed by atoms with Crippen LogP contribution in [0.4, 0.5) is 0 Å². The molecule has 0 spiro atoms. The maximum atomic E-state index is 13.7. The zero-order valence-electron chi connectivity index (χ0n) is 33.1. The number of aliphatic hydroxyl groups is 1. The molecule has 0 aliphatic carbocycles. The van der Waals surface area contributed by atoms with Gasteiger partial charge in [0.2, 0.25) is 41.4 Å². The average Bonchev–Trinajstić information content (AvgIpc) is 3.11. The quantitative estimate of drug-likeness (QED) is 0.0375. The number of unbranched alkanes of at least 4 members (excludes halogenated alkanes) is 1. The highest BCUT2D eigenvalue weighted by Gasteiger charge is 2.35. The molecule has 0 unspecified atom stereocenters. The first kappa shape index (κ1) is 51.0. The van der Waals surface area contributed by atoms with Crippen molar-refractivity contribution in [3.63, 3.8) is 0 Å².